The molecule has 0 spiro atoms. The van der Waals surface area contributed by atoms with Gasteiger partial charge in [0.25, 0.3) is 5.19 Å². The van der Waals surface area contributed by atoms with Crippen LogP contribution in [-0.4, -0.2) is 23.3 Å². The smallest absolute Gasteiger partial charge is 0.273 e. The Morgan fingerprint density at radius 3 is 2.67 bits per heavy atom. The molecule has 1 rings (SSSR count). The number of nitrogens with zero attached hydrogens (tertiary/aromatic N) is 1. The third kappa shape index (κ3) is 1.95. The third-order valence-electron chi connectivity index (χ3n) is 1.87. The van der Waals surface area contributed by atoms with E-state index in [1.54, 1.807) is 14.0 Å². The predicted octanol–water partition coefficient (Wildman–Crippen LogP) is 1.64. The largest absolute Gasteiger partial charge is 0.473 e. The lowest BCUT2D eigenvalue weighted by Crippen LogP contribution is -2.11. The van der Waals surface area contributed by atoms with Gasteiger partial charge in [-0.05, 0) is 6.92 Å². The van der Waals surface area contributed by atoms with Crippen LogP contribution in [-0.2, 0) is 0 Å². The number of aliphatic hydroxyl groups excluding tert-OH is 1. The summed E-state index contributed by atoms with van der Waals surface area (Å²) in [5.74, 6) is 0.0742. The topological polar surface area (TPSA) is 42.4 Å². The van der Waals surface area contributed by atoms with E-state index in [0.29, 0.717) is 5.19 Å². The zero-order valence-electron chi connectivity index (χ0n) is 7.44. The van der Waals surface area contributed by atoms with Gasteiger partial charge >= 0.3 is 0 Å². The van der Waals surface area contributed by atoms with Crippen molar-refractivity contribution in [3.8, 4) is 5.19 Å². The standard InChI is InChI=1S/C8H13NO2S/c1-5(6(2)10)7-4-12-8(9-7)11-3/h4-6,10H,1-3H3. The molecule has 2 atom stereocenters. The fourth-order valence-corrected chi connectivity index (χ4v) is 1.56. The Bertz CT molecular complexity index is 247. The van der Waals surface area contributed by atoms with Gasteiger partial charge in [-0.1, -0.05) is 18.3 Å². The molecule has 0 amide bonds. The minimum atomic E-state index is -0.364. The SMILES string of the molecule is COc1nc(C(C)C(C)O)cs1. The van der Waals surface area contributed by atoms with Crippen LogP contribution in [0, 0.1) is 0 Å². The first-order valence-corrected chi connectivity index (χ1v) is 4.70. The number of hydrogen-bond acceptors (Lipinski definition) is 4. The van der Waals surface area contributed by atoms with E-state index in [2.05, 4.69) is 4.98 Å². The fourth-order valence-electron chi connectivity index (χ4n) is 0.819. The van der Waals surface area contributed by atoms with Crippen molar-refractivity contribution in [1.29, 1.82) is 0 Å². The van der Waals surface area contributed by atoms with E-state index in [4.69, 9.17) is 4.74 Å². The molecule has 12 heavy (non-hydrogen) atoms. The van der Waals surface area contributed by atoms with E-state index in [1.165, 1.54) is 11.3 Å². The third-order valence-corrected chi connectivity index (χ3v) is 2.68. The highest BCUT2D eigenvalue weighted by molar-refractivity contribution is 7.11. The molecule has 0 aliphatic heterocycles. The number of aliphatic hydroxyl groups is 1. The van der Waals surface area contributed by atoms with Gasteiger partial charge in [-0.3, -0.25) is 0 Å². The van der Waals surface area contributed by atoms with E-state index >= 15 is 0 Å². The lowest BCUT2D eigenvalue weighted by molar-refractivity contribution is 0.167. The Labute approximate surface area is 76.0 Å². The number of ether oxygens (including phenoxy) is 1. The molecule has 0 bridgehead atoms. The molecule has 1 heterocycles. The van der Waals surface area contributed by atoms with Crippen molar-refractivity contribution < 1.29 is 9.84 Å². The van der Waals surface area contributed by atoms with Gasteiger partial charge in [0, 0.05) is 11.3 Å². The highest BCUT2D eigenvalue weighted by atomic mass is 32.1. The van der Waals surface area contributed by atoms with Crippen molar-refractivity contribution in [2.24, 2.45) is 0 Å². The Morgan fingerprint density at radius 2 is 2.25 bits per heavy atom. The molecule has 0 saturated carbocycles. The average molecular weight is 187 g/mol. The van der Waals surface area contributed by atoms with Crippen molar-refractivity contribution in [2.75, 3.05) is 7.11 Å². The van der Waals surface area contributed by atoms with Gasteiger partial charge < -0.3 is 9.84 Å². The summed E-state index contributed by atoms with van der Waals surface area (Å²) in [5.41, 5.74) is 0.895. The molecule has 0 fully saturated rings. The first kappa shape index (κ1) is 9.48. The van der Waals surface area contributed by atoms with E-state index in [1.807, 2.05) is 12.3 Å². The van der Waals surface area contributed by atoms with Crippen molar-refractivity contribution in [3.63, 3.8) is 0 Å². The van der Waals surface area contributed by atoms with E-state index in [0.717, 1.165) is 5.69 Å². The molecule has 0 aliphatic carbocycles. The minimum absolute atomic E-state index is 0.0742. The fraction of sp³-hybridized carbons (Fsp3) is 0.625. The van der Waals surface area contributed by atoms with Gasteiger partial charge in [0.15, 0.2) is 0 Å². The Balaban J connectivity index is 2.74. The summed E-state index contributed by atoms with van der Waals surface area (Å²) in [5, 5.41) is 11.8. The van der Waals surface area contributed by atoms with Gasteiger partial charge in [-0.2, -0.15) is 0 Å². The number of thiazole rings is 1. The average Bonchev–Trinajstić information content (AvgIpc) is 2.50. The second-order valence-electron chi connectivity index (χ2n) is 2.77. The van der Waals surface area contributed by atoms with Crippen LogP contribution in [0.15, 0.2) is 5.38 Å². The first-order chi connectivity index (χ1) is 5.65. The molecule has 68 valence electrons. The van der Waals surface area contributed by atoms with Crippen LogP contribution in [0.1, 0.15) is 25.5 Å². The Kier molecular flexibility index (Phi) is 3.05. The molecular formula is C8H13NO2S. The molecule has 0 aromatic carbocycles. The molecule has 0 aliphatic rings. The van der Waals surface area contributed by atoms with Gasteiger partial charge in [0.05, 0.1) is 18.9 Å². The van der Waals surface area contributed by atoms with Crippen LogP contribution in [0.3, 0.4) is 0 Å². The number of aromatic nitrogens is 1. The second kappa shape index (κ2) is 3.87. The zero-order chi connectivity index (χ0) is 9.14. The van der Waals surface area contributed by atoms with Crippen LogP contribution in [0.4, 0.5) is 0 Å². The van der Waals surface area contributed by atoms with Gasteiger partial charge in [0.2, 0.25) is 0 Å². The minimum Gasteiger partial charge on any atom is -0.473 e. The number of rotatable bonds is 3. The Hall–Kier alpha value is -0.610. The molecule has 3 nitrogen and oxygen atoms in total. The molecule has 1 N–H and O–H groups in total. The molecule has 1 aromatic heterocycles. The van der Waals surface area contributed by atoms with Gasteiger partial charge in [0.1, 0.15) is 0 Å². The number of hydrogen-bond donors (Lipinski definition) is 1. The highest BCUT2D eigenvalue weighted by Gasteiger charge is 2.14. The summed E-state index contributed by atoms with van der Waals surface area (Å²) in [7, 11) is 1.59. The predicted molar refractivity (Wildman–Crippen MR) is 48.8 cm³/mol. The van der Waals surface area contributed by atoms with E-state index < -0.39 is 0 Å². The summed E-state index contributed by atoms with van der Waals surface area (Å²) in [6.07, 6.45) is -0.364. The van der Waals surface area contributed by atoms with Crippen molar-refractivity contribution in [3.05, 3.63) is 11.1 Å². The van der Waals surface area contributed by atoms with Crippen LogP contribution in [0.5, 0.6) is 5.19 Å². The lowest BCUT2D eigenvalue weighted by atomic mass is 10.0. The number of methoxy groups -OCH3 is 1. The first-order valence-electron chi connectivity index (χ1n) is 3.82. The Morgan fingerprint density at radius 1 is 1.58 bits per heavy atom. The van der Waals surface area contributed by atoms with Crippen LogP contribution in [0.25, 0.3) is 0 Å². The normalized spacial score (nSPS) is 15.7. The van der Waals surface area contributed by atoms with Crippen LogP contribution in [0.2, 0.25) is 0 Å². The van der Waals surface area contributed by atoms with Crippen LogP contribution < -0.4 is 4.74 Å². The van der Waals surface area contributed by atoms with Gasteiger partial charge in [-0.15, -0.1) is 0 Å². The van der Waals surface area contributed by atoms with Crippen molar-refractivity contribution in [2.45, 2.75) is 25.9 Å². The molecule has 0 saturated heterocycles. The lowest BCUT2D eigenvalue weighted by Gasteiger charge is -2.10. The maximum Gasteiger partial charge on any atom is 0.273 e. The summed E-state index contributed by atoms with van der Waals surface area (Å²) in [6.45, 7) is 3.70. The molecule has 4 heteroatoms. The van der Waals surface area contributed by atoms with Crippen molar-refractivity contribution >= 4 is 11.3 Å². The summed E-state index contributed by atoms with van der Waals surface area (Å²) < 4.78 is 4.95. The summed E-state index contributed by atoms with van der Waals surface area (Å²) in [6, 6.07) is 0. The van der Waals surface area contributed by atoms with Crippen LogP contribution >= 0.6 is 11.3 Å². The highest BCUT2D eigenvalue weighted by Crippen LogP contribution is 2.25. The maximum atomic E-state index is 9.28. The molecule has 0 radical (unpaired) electrons. The summed E-state index contributed by atoms with van der Waals surface area (Å²) in [4.78, 5) is 4.19. The molecular weight excluding hydrogens is 174 g/mol. The zero-order valence-corrected chi connectivity index (χ0v) is 8.26. The quantitative estimate of drug-likeness (QED) is 0.782. The van der Waals surface area contributed by atoms with E-state index in [9.17, 15) is 5.11 Å². The van der Waals surface area contributed by atoms with Gasteiger partial charge in [-0.25, -0.2) is 4.98 Å². The molecule has 2 unspecified atom stereocenters. The second-order valence-corrected chi connectivity index (χ2v) is 3.59. The van der Waals surface area contributed by atoms with E-state index in [-0.39, 0.29) is 12.0 Å². The molecule has 1 aromatic rings. The monoisotopic (exact) mass is 187 g/mol. The summed E-state index contributed by atoms with van der Waals surface area (Å²) >= 11 is 1.45. The maximum absolute atomic E-state index is 9.28. The van der Waals surface area contributed by atoms with Crippen molar-refractivity contribution in [1.82, 2.24) is 4.98 Å².